The molecule has 9 heteroatoms. The summed E-state index contributed by atoms with van der Waals surface area (Å²) in [5.74, 6) is 0.565. The molecule has 0 radical (unpaired) electrons. The van der Waals surface area contributed by atoms with Crippen molar-refractivity contribution in [2.75, 3.05) is 33.4 Å². The molecule has 0 bridgehead atoms. The van der Waals surface area contributed by atoms with Crippen LogP contribution in [0.4, 0.5) is 13.2 Å². The quantitative estimate of drug-likeness (QED) is 0.371. The Labute approximate surface area is 175 Å². The number of morpholine rings is 1. The van der Waals surface area contributed by atoms with Crippen molar-refractivity contribution >= 4 is 29.9 Å². The summed E-state index contributed by atoms with van der Waals surface area (Å²) < 4.78 is 43.8. The molecule has 2 atom stereocenters. The third-order valence-corrected chi connectivity index (χ3v) is 4.49. The lowest BCUT2D eigenvalue weighted by atomic mass is 10.1. The van der Waals surface area contributed by atoms with Crippen LogP contribution in [0.3, 0.4) is 0 Å². The van der Waals surface area contributed by atoms with Gasteiger partial charge in [-0.15, -0.1) is 24.0 Å². The van der Waals surface area contributed by atoms with Crippen molar-refractivity contribution < 1.29 is 17.9 Å². The van der Waals surface area contributed by atoms with Crippen molar-refractivity contribution in [1.29, 1.82) is 0 Å². The summed E-state index contributed by atoms with van der Waals surface area (Å²) in [5, 5.41) is 6.30. The summed E-state index contributed by atoms with van der Waals surface area (Å²) in [4.78, 5) is 6.51. The number of benzene rings is 1. The van der Waals surface area contributed by atoms with Crippen molar-refractivity contribution in [2.24, 2.45) is 4.99 Å². The molecule has 0 saturated carbocycles. The standard InChI is InChI=1S/C18H27F3N4O.HI/c1-13(25-7-8-26-12-14(25)2)10-23-17(22-3)24-11-15-5-4-6-16(9-15)18(19,20)21;/h4-6,9,13-14H,7-8,10-12H2,1-3H3,(H2,22,23,24);1H. The first-order chi connectivity index (χ1) is 12.3. The van der Waals surface area contributed by atoms with E-state index in [0.717, 1.165) is 31.9 Å². The van der Waals surface area contributed by atoms with Gasteiger partial charge in [0.05, 0.1) is 18.8 Å². The number of hydrogen-bond acceptors (Lipinski definition) is 3. The van der Waals surface area contributed by atoms with Crippen LogP contribution >= 0.6 is 24.0 Å². The monoisotopic (exact) mass is 500 g/mol. The van der Waals surface area contributed by atoms with Crippen LogP contribution in [-0.4, -0.2) is 56.3 Å². The van der Waals surface area contributed by atoms with Crippen LogP contribution in [0.15, 0.2) is 29.3 Å². The molecule has 0 aromatic heterocycles. The maximum absolute atomic E-state index is 12.8. The molecule has 1 heterocycles. The second-order valence-electron chi connectivity index (χ2n) is 6.52. The highest BCUT2D eigenvalue weighted by Gasteiger charge is 2.30. The summed E-state index contributed by atoms with van der Waals surface area (Å²) >= 11 is 0. The Bertz CT molecular complexity index is 613. The molecule has 154 valence electrons. The summed E-state index contributed by atoms with van der Waals surface area (Å²) in [6.45, 7) is 7.58. The topological polar surface area (TPSA) is 48.9 Å². The van der Waals surface area contributed by atoms with Gasteiger partial charge in [0.1, 0.15) is 0 Å². The number of aliphatic imine (C=N–C) groups is 1. The van der Waals surface area contributed by atoms with Crippen LogP contribution in [0.2, 0.25) is 0 Å². The average molecular weight is 500 g/mol. The lowest BCUT2D eigenvalue weighted by Gasteiger charge is -2.38. The van der Waals surface area contributed by atoms with E-state index in [4.69, 9.17) is 4.74 Å². The number of hydrogen-bond donors (Lipinski definition) is 2. The maximum Gasteiger partial charge on any atom is 0.416 e. The van der Waals surface area contributed by atoms with E-state index < -0.39 is 11.7 Å². The molecule has 1 aliphatic heterocycles. The van der Waals surface area contributed by atoms with Crippen LogP contribution < -0.4 is 10.6 Å². The van der Waals surface area contributed by atoms with E-state index in [0.29, 0.717) is 30.2 Å². The Morgan fingerprint density at radius 3 is 2.74 bits per heavy atom. The highest BCUT2D eigenvalue weighted by atomic mass is 127. The predicted octanol–water partition coefficient (Wildman–Crippen LogP) is 3.10. The zero-order valence-electron chi connectivity index (χ0n) is 15.8. The van der Waals surface area contributed by atoms with Gasteiger partial charge in [-0.1, -0.05) is 12.1 Å². The minimum absolute atomic E-state index is 0. The Kier molecular flexibility index (Phi) is 9.82. The average Bonchev–Trinajstić information content (AvgIpc) is 2.61. The molecule has 1 aromatic rings. The molecule has 1 aliphatic rings. The third kappa shape index (κ3) is 7.46. The van der Waals surface area contributed by atoms with E-state index in [9.17, 15) is 13.2 Å². The highest BCUT2D eigenvalue weighted by Crippen LogP contribution is 2.29. The fraction of sp³-hybridized carbons (Fsp3) is 0.611. The molecule has 1 fully saturated rings. The molecular weight excluding hydrogens is 472 g/mol. The van der Waals surface area contributed by atoms with E-state index in [-0.39, 0.29) is 30.5 Å². The SMILES string of the molecule is CN=C(NCc1cccc(C(F)(F)F)c1)NCC(C)N1CCOCC1C.I. The first-order valence-electron chi connectivity index (χ1n) is 8.75. The Hall–Kier alpha value is -1.07. The molecule has 1 saturated heterocycles. The summed E-state index contributed by atoms with van der Waals surface area (Å²) in [6.07, 6.45) is -4.33. The normalized spacial score (nSPS) is 19.9. The number of ether oxygens (including phenoxy) is 1. The number of nitrogens with one attached hydrogen (secondary N) is 2. The minimum Gasteiger partial charge on any atom is -0.379 e. The van der Waals surface area contributed by atoms with Crippen molar-refractivity contribution in [3.63, 3.8) is 0 Å². The molecule has 1 aromatic carbocycles. The highest BCUT2D eigenvalue weighted by molar-refractivity contribution is 14.0. The molecule has 27 heavy (non-hydrogen) atoms. The first-order valence-corrected chi connectivity index (χ1v) is 8.75. The number of alkyl halides is 3. The Morgan fingerprint density at radius 2 is 2.11 bits per heavy atom. The van der Waals surface area contributed by atoms with Gasteiger partial charge >= 0.3 is 6.18 Å². The fourth-order valence-corrected chi connectivity index (χ4v) is 3.02. The largest absolute Gasteiger partial charge is 0.416 e. The van der Waals surface area contributed by atoms with Crippen molar-refractivity contribution in [2.45, 2.75) is 38.7 Å². The molecule has 2 unspecified atom stereocenters. The van der Waals surface area contributed by atoms with Gasteiger partial charge in [-0.05, 0) is 31.5 Å². The van der Waals surface area contributed by atoms with Crippen LogP contribution in [-0.2, 0) is 17.5 Å². The maximum atomic E-state index is 12.8. The van der Waals surface area contributed by atoms with E-state index in [1.165, 1.54) is 6.07 Å². The van der Waals surface area contributed by atoms with Gasteiger partial charge in [-0.3, -0.25) is 9.89 Å². The number of rotatable bonds is 5. The molecule has 0 aliphatic carbocycles. The van der Waals surface area contributed by atoms with Crippen LogP contribution in [0.25, 0.3) is 0 Å². The van der Waals surface area contributed by atoms with Gasteiger partial charge in [0.2, 0.25) is 0 Å². The van der Waals surface area contributed by atoms with Gasteiger partial charge in [-0.25, -0.2) is 0 Å². The van der Waals surface area contributed by atoms with Crippen LogP contribution in [0.1, 0.15) is 25.0 Å². The van der Waals surface area contributed by atoms with Crippen molar-refractivity contribution in [3.8, 4) is 0 Å². The van der Waals surface area contributed by atoms with Gasteiger partial charge in [0.25, 0.3) is 0 Å². The summed E-state index contributed by atoms with van der Waals surface area (Å²) in [7, 11) is 1.64. The van der Waals surface area contributed by atoms with Gasteiger partial charge in [0.15, 0.2) is 5.96 Å². The number of halogens is 4. The van der Waals surface area contributed by atoms with Gasteiger partial charge in [0, 0.05) is 38.8 Å². The summed E-state index contributed by atoms with van der Waals surface area (Å²) in [6, 6.07) is 5.95. The van der Waals surface area contributed by atoms with E-state index >= 15 is 0 Å². The van der Waals surface area contributed by atoms with Crippen molar-refractivity contribution in [3.05, 3.63) is 35.4 Å². The van der Waals surface area contributed by atoms with E-state index in [2.05, 4.69) is 34.4 Å². The molecule has 5 nitrogen and oxygen atoms in total. The lowest BCUT2D eigenvalue weighted by Crippen LogP contribution is -2.52. The van der Waals surface area contributed by atoms with E-state index in [1.807, 2.05) is 0 Å². The third-order valence-electron chi connectivity index (χ3n) is 4.49. The number of guanidine groups is 1. The van der Waals surface area contributed by atoms with Gasteiger partial charge < -0.3 is 15.4 Å². The Morgan fingerprint density at radius 1 is 1.37 bits per heavy atom. The fourth-order valence-electron chi connectivity index (χ4n) is 3.02. The molecule has 2 rings (SSSR count). The molecular formula is C18H28F3IN4O. The smallest absolute Gasteiger partial charge is 0.379 e. The minimum atomic E-state index is -4.33. The molecule has 0 amide bonds. The second kappa shape index (κ2) is 11.1. The van der Waals surface area contributed by atoms with Crippen LogP contribution in [0, 0.1) is 0 Å². The summed E-state index contributed by atoms with van der Waals surface area (Å²) in [5.41, 5.74) is -0.0905. The Balaban J connectivity index is 0.00000364. The van der Waals surface area contributed by atoms with E-state index in [1.54, 1.807) is 13.1 Å². The van der Waals surface area contributed by atoms with Crippen molar-refractivity contribution in [1.82, 2.24) is 15.5 Å². The molecule has 0 spiro atoms. The van der Waals surface area contributed by atoms with Crippen LogP contribution in [0.5, 0.6) is 0 Å². The van der Waals surface area contributed by atoms with Gasteiger partial charge in [-0.2, -0.15) is 13.2 Å². The zero-order chi connectivity index (χ0) is 19.2. The predicted molar refractivity (Wildman–Crippen MR) is 112 cm³/mol. The molecule has 2 N–H and O–H groups in total. The number of nitrogens with zero attached hydrogens (tertiary/aromatic N) is 2. The first kappa shape index (κ1) is 24.0. The zero-order valence-corrected chi connectivity index (χ0v) is 18.2. The lowest BCUT2D eigenvalue weighted by molar-refractivity contribution is -0.137. The second-order valence-corrected chi connectivity index (χ2v) is 6.52.